The molecule has 1 saturated heterocycles. The summed E-state index contributed by atoms with van der Waals surface area (Å²) in [4.78, 5) is 23.0. The van der Waals surface area contributed by atoms with E-state index in [4.69, 9.17) is 9.84 Å². The summed E-state index contributed by atoms with van der Waals surface area (Å²) in [6, 6.07) is 4.14. The molecular weight excluding hydrogens is 328 g/mol. The smallest absolute Gasteiger partial charge is 0.337 e. The Hall–Kier alpha value is -1.60. The number of ether oxygens (including phenoxy) is 1. The molecule has 2 amide bonds. The Labute approximate surface area is 124 Å². The minimum atomic E-state index is -1.09. The summed E-state index contributed by atoms with van der Waals surface area (Å²) in [6.07, 6.45) is 1.76. The van der Waals surface area contributed by atoms with Crippen molar-refractivity contribution in [2.24, 2.45) is 0 Å². The highest BCUT2D eigenvalue weighted by Gasteiger charge is 2.18. The molecule has 1 atom stereocenters. The molecule has 1 aliphatic rings. The van der Waals surface area contributed by atoms with E-state index in [0.717, 1.165) is 12.8 Å². The van der Waals surface area contributed by atoms with E-state index in [-0.39, 0.29) is 17.3 Å². The van der Waals surface area contributed by atoms with E-state index in [9.17, 15) is 9.59 Å². The van der Waals surface area contributed by atoms with Crippen molar-refractivity contribution in [3.05, 3.63) is 28.2 Å². The molecule has 2 rings (SSSR count). The molecule has 108 valence electrons. The van der Waals surface area contributed by atoms with Gasteiger partial charge in [0.15, 0.2) is 0 Å². The lowest BCUT2D eigenvalue weighted by Gasteiger charge is -2.23. The summed E-state index contributed by atoms with van der Waals surface area (Å²) in [7, 11) is 0. The van der Waals surface area contributed by atoms with Crippen molar-refractivity contribution < 1.29 is 19.4 Å². The second kappa shape index (κ2) is 6.71. The molecule has 7 heteroatoms. The molecule has 1 unspecified atom stereocenters. The van der Waals surface area contributed by atoms with Crippen molar-refractivity contribution in [1.29, 1.82) is 0 Å². The first-order valence-corrected chi connectivity index (χ1v) is 7.03. The van der Waals surface area contributed by atoms with Crippen LogP contribution in [0.2, 0.25) is 0 Å². The van der Waals surface area contributed by atoms with Crippen LogP contribution in [0.3, 0.4) is 0 Å². The molecule has 0 spiro atoms. The standard InChI is InChI=1S/C13H15BrN2O4/c14-8-3-4-10(12(17)18)11(6-8)16-13(19)15-9-2-1-5-20-7-9/h3-4,6,9H,1-2,5,7H2,(H,17,18)(H2,15,16,19). The van der Waals surface area contributed by atoms with E-state index >= 15 is 0 Å². The highest BCUT2D eigenvalue weighted by molar-refractivity contribution is 9.10. The Bertz CT molecular complexity index is 515. The van der Waals surface area contributed by atoms with Gasteiger partial charge in [-0.2, -0.15) is 0 Å². The number of aromatic carboxylic acids is 1. The van der Waals surface area contributed by atoms with Gasteiger partial charge in [-0.15, -0.1) is 0 Å². The number of hydrogen-bond acceptors (Lipinski definition) is 3. The maximum Gasteiger partial charge on any atom is 0.337 e. The summed E-state index contributed by atoms with van der Waals surface area (Å²) in [6.45, 7) is 1.20. The van der Waals surface area contributed by atoms with Crippen molar-refractivity contribution >= 4 is 33.6 Å². The molecule has 0 radical (unpaired) electrons. The van der Waals surface area contributed by atoms with Gasteiger partial charge in [0.05, 0.1) is 23.9 Å². The number of amides is 2. The van der Waals surface area contributed by atoms with E-state index in [2.05, 4.69) is 26.6 Å². The lowest BCUT2D eigenvalue weighted by atomic mass is 10.1. The zero-order valence-corrected chi connectivity index (χ0v) is 12.3. The molecule has 20 heavy (non-hydrogen) atoms. The molecule has 0 aromatic heterocycles. The Kier molecular flexibility index (Phi) is 4.97. The number of nitrogens with one attached hydrogen (secondary N) is 2. The summed E-state index contributed by atoms with van der Waals surface area (Å²) in [5.74, 6) is -1.09. The van der Waals surface area contributed by atoms with Crippen molar-refractivity contribution in [3.8, 4) is 0 Å². The van der Waals surface area contributed by atoms with Crippen LogP contribution in [0.15, 0.2) is 22.7 Å². The zero-order valence-electron chi connectivity index (χ0n) is 10.7. The van der Waals surface area contributed by atoms with Crippen molar-refractivity contribution in [2.75, 3.05) is 18.5 Å². The molecule has 0 aliphatic carbocycles. The Morgan fingerprint density at radius 2 is 2.20 bits per heavy atom. The molecule has 1 heterocycles. The van der Waals surface area contributed by atoms with Crippen molar-refractivity contribution in [3.63, 3.8) is 0 Å². The third-order valence-electron chi connectivity index (χ3n) is 2.96. The summed E-state index contributed by atoms with van der Waals surface area (Å²) >= 11 is 3.25. The fourth-order valence-electron chi connectivity index (χ4n) is 2.00. The molecule has 0 bridgehead atoms. The van der Waals surface area contributed by atoms with Crippen LogP contribution in [-0.4, -0.2) is 36.4 Å². The lowest BCUT2D eigenvalue weighted by molar-refractivity contribution is 0.0697. The number of benzene rings is 1. The third-order valence-corrected chi connectivity index (χ3v) is 3.45. The number of anilines is 1. The maximum absolute atomic E-state index is 11.9. The summed E-state index contributed by atoms with van der Waals surface area (Å²) < 4.78 is 5.96. The van der Waals surface area contributed by atoms with Crippen LogP contribution in [-0.2, 0) is 4.74 Å². The number of carbonyl (C=O) groups excluding carboxylic acids is 1. The first-order valence-electron chi connectivity index (χ1n) is 6.24. The van der Waals surface area contributed by atoms with Crippen molar-refractivity contribution in [1.82, 2.24) is 5.32 Å². The van der Waals surface area contributed by atoms with E-state index in [1.165, 1.54) is 6.07 Å². The van der Waals surface area contributed by atoms with E-state index in [1.807, 2.05) is 0 Å². The topological polar surface area (TPSA) is 87.7 Å². The minimum Gasteiger partial charge on any atom is -0.478 e. The zero-order chi connectivity index (χ0) is 14.5. The van der Waals surface area contributed by atoms with Gasteiger partial charge >= 0.3 is 12.0 Å². The predicted octanol–water partition coefficient (Wildman–Crippen LogP) is 2.45. The molecule has 6 nitrogen and oxygen atoms in total. The van der Waals surface area contributed by atoms with Gasteiger partial charge in [0.1, 0.15) is 0 Å². The van der Waals surface area contributed by atoms with Crippen LogP contribution in [0.5, 0.6) is 0 Å². The molecule has 1 aromatic carbocycles. The van der Waals surface area contributed by atoms with E-state index in [0.29, 0.717) is 17.7 Å². The van der Waals surface area contributed by atoms with Gasteiger partial charge in [-0.25, -0.2) is 9.59 Å². The largest absolute Gasteiger partial charge is 0.478 e. The van der Waals surface area contributed by atoms with Gasteiger partial charge in [-0.3, -0.25) is 0 Å². The van der Waals surface area contributed by atoms with Gasteiger partial charge in [0.2, 0.25) is 0 Å². The van der Waals surface area contributed by atoms with Crippen LogP contribution in [0.4, 0.5) is 10.5 Å². The molecule has 1 fully saturated rings. The summed E-state index contributed by atoms with van der Waals surface area (Å²) in [5.41, 5.74) is 0.296. The highest BCUT2D eigenvalue weighted by Crippen LogP contribution is 2.21. The third kappa shape index (κ3) is 3.94. The number of carboxylic acid groups (broad SMARTS) is 1. The second-order valence-electron chi connectivity index (χ2n) is 4.51. The van der Waals surface area contributed by atoms with Gasteiger partial charge in [-0.1, -0.05) is 15.9 Å². The molecule has 3 N–H and O–H groups in total. The maximum atomic E-state index is 11.9. The SMILES string of the molecule is O=C(Nc1cc(Br)ccc1C(=O)O)NC1CCCOC1. The van der Waals surface area contributed by atoms with E-state index < -0.39 is 12.0 Å². The van der Waals surface area contributed by atoms with Gasteiger partial charge < -0.3 is 20.5 Å². The molecule has 1 aromatic rings. The van der Waals surface area contributed by atoms with Crippen LogP contribution in [0.1, 0.15) is 23.2 Å². The fraction of sp³-hybridized carbons (Fsp3) is 0.385. The normalized spacial score (nSPS) is 18.4. The van der Waals surface area contributed by atoms with E-state index in [1.54, 1.807) is 12.1 Å². The number of carboxylic acids is 1. The molecule has 1 aliphatic heterocycles. The number of urea groups is 1. The predicted molar refractivity (Wildman–Crippen MR) is 77.1 cm³/mol. The number of halogens is 1. The fourth-order valence-corrected chi connectivity index (χ4v) is 2.37. The van der Waals surface area contributed by atoms with Gasteiger partial charge in [0, 0.05) is 11.1 Å². The Morgan fingerprint density at radius 1 is 1.40 bits per heavy atom. The average Bonchev–Trinajstić information content (AvgIpc) is 2.39. The Balaban J connectivity index is 2.03. The van der Waals surface area contributed by atoms with Crippen LogP contribution in [0, 0.1) is 0 Å². The van der Waals surface area contributed by atoms with Crippen LogP contribution < -0.4 is 10.6 Å². The van der Waals surface area contributed by atoms with Crippen LogP contribution >= 0.6 is 15.9 Å². The number of rotatable bonds is 3. The number of hydrogen-bond donors (Lipinski definition) is 3. The first kappa shape index (κ1) is 14.8. The van der Waals surface area contributed by atoms with Gasteiger partial charge in [0.25, 0.3) is 0 Å². The molecule has 0 saturated carbocycles. The average molecular weight is 343 g/mol. The lowest BCUT2D eigenvalue weighted by Crippen LogP contribution is -2.42. The molecular formula is C13H15BrN2O4. The van der Waals surface area contributed by atoms with Gasteiger partial charge in [-0.05, 0) is 31.0 Å². The minimum absolute atomic E-state index is 0.0378. The highest BCUT2D eigenvalue weighted by atomic mass is 79.9. The second-order valence-corrected chi connectivity index (χ2v) is 5.42. The van der Waals surface area contributed by atoms with Crippen molar-refractivity contribution in [2.45, 2.75) is 18.9 Å². The first-order chi connectivity index (χ1) is 9.56. The quantitative estimate of drug-likeness (QED) is 0.787. The monoisotopic (exact) mass is 342 g/mol. The number of carbonyl (C=O) groups is 2. The van der Waals surface area contributed by atoms with Crippen LogP contribution in [0.25, 0.3) is 0 Å². The Morgan fingerprint density at radius 3 is 2.85 bits per heavy atom. The summed E-state index contributed by atoms with van der Waals surface area (Å²) in [5, 5.41) is 14.4.